The highest BCUT2D eigenvalue weighted by atomic mass is 79.9. The molecule has 0 saturated carbocycles. The summed E-state index contributed by atoms with van der Waals surface area (Å²) in [6, 6.07) is 4.13. The Bertz CT molecular complexity index is 556. The largest absolute Gasteiger partial charge is 0.364 e. The molecule has 5 heteroatoms. The summed E-state index contributed by atoms with van der Waals surface area (Å²) in [7, 11) is 0. The summed E-state index contributed by atoms with van der Waals surface area (Å²) in [6.07, 6.45) is 1.47. The number of carbonyl (C=O) groups is 1. The van der Waals surface area contributed by atoms with Crippen molar-refractivity contribution in [2.24, 2.45) is 5.73 Å². The van der Waals surface area contributed by atoms with Crippen LogP contribution in [0.4, 0.5) is 4.39 Å². The van der Waals surface area contributed by atoms with Crippen LogP contribution in [0.2, 0.25) is 0 Å². The Balaban J connectivity index is 2.90. The quantitative estimate of drug-likeness (QED) is 0.863. The lowest BCUT2D eigenvalue weighted by Gasteiger charge is -2.04. The first kappa shape index (κ1) is 10.0. The van der Waals surface area contributed by atoms with Gasteiger partial charge in [0.15, 0.2) is 0 Å². The van der Waals surface area contributed by atoms with Crippen LogP contribution in [0, 0.1) is 5.82 Å². The van der Waals surface area contributed by atoms with Gasteiger partial charge in [-0.2, -0.15) is 0 Å². The van der Waals surface area contributed by atoms with E-state index < -0.39 is 11.7 Å². The smallest absolute Gasteiger partial charge is 0.267 e. The molecule has 0 aliphatic rings. The molecule has 2 aromatic rings. The lowest BCUT2D eigenvalue weighted by Crippen LogP contribution is -2.13. The predicted octanol–water partition coefficient (Wildman–Crippen LogP) is 2.24. The lowest BCUT2D eigenvalue weighted by atomic mass is 10.1. The van der Waals surface area contributed by atoms with Crippen molar-refractivity contribution in [1.29, 1.82) is 0 Å². The SMILES string of the molecule is NC(=O)c1ncc(Br)c2ccc(F)cc12. The second-order valence-electron chi connectivity index (χ2n) is 3.01. The third-order valence-corrected chi connectivity index (χ3v) is 2.67. The Kier molecular flexibility index (Phi) is 2.40. The fraction of sp³-hybridized carbons (Fsp3) is 0. The molecule has 0 atom stereocenters. The van der Waals surface area contributed by atoms with Crippen LogP contribution in [-0.2, 0) is 0 Å². The third-order valence-electron chi connectivity index (χ3n) is 2.03. The van der Waals surface area contributed by atoms with Crippen molar-refractivity contribution in [1.82, 2.24) is 4.98 Å². The monoisotopic (exact) mass is 268 g/mol. The third kappa shape index (κ3) is 1.70. The van der Waals surface area contributed by atoms with Crippen molar-refractivity contribution in [3.63, 3.8) is 0 Å². The molecule has 3 nitrogen and oxygen atoms in total. The van der Waals surface area contributed by atoms with Gasteiger partial charge in [-0.05, 0) is 33.4 Å². The minimum absolute atomic E-state index is 0.0766. The lowest BCUT2D eigenvalue weighted by molar-refractivity contribution is 0.0997. The molecular formula is C10H6BrFN2O. The molecule has 0 unspecified atom stereocenters. The molecule has 0 bridgehead atoms. The average molecular weight is 269 g/mol. The van der Waals surface area contributed by atoms with Crippen molar-refractivity contribution in [3.8, 4) is 0 Å². The normalized spacial score (nSPS) is 10.5. The maximum atomic E-state index is 13.0. The highest BCUT2D eigenvalue weighted by molar-refractivity contribution is 9.10. The van der Waals surface area contributed by atoms with E-state index in [4.69, 9.17) is 5.73 Å². The van der Waals surface area contributed by atoms with Gasteiger partial charge in [0.05, 0.1) is 0 Å². The fourth-order valence-electron chi connectivity index (χ4n) is 1.38. The predicted molar refractivity (Wildman–Crippen MR) is 57.9 cm³/mol. The number of pyridine rings is 1. The van der Waals surface area contributed by atoms with Gasteiger partial charge >= 0.3 is 0 Å². The summed E-state index contributed by atoms with van der Waals surface area (Å²) in [5.74, 6) is -1.09. The standard InChI is InChI=1S/C10H6BrFN2O/c11-8-4-14-9(10(13)15)7-3-5(12)1-2-6(7)8/h1-4H,(H2,13,15). The van der Waals surface area contributed by atoms with Crippen molar-refractivity contribution < 1.29 is 9.18 Å². The maximum absolute atomic E-state index is 13.0. The number of benzene rings is 1. The van der Waals surface area contributed by atoms with Crippen LogP contribution in [0.5, 0.6) is 0 Å². The number of amides is 1. The van der Waals surface area contributed by atoms with Crippen molar-refractivity contribution in [2.45, 2.75) is 0 Å². The number of halogens is 2. The number of fused-ring (bicyclic) bond motifs is 1. The highest BCUT2D eigenvalue weighted by Crippen LogP contribution is 2.25. The Morgan fingerprint density at radius 2 is 2.13 bits per heavy atom. The van der Waals surface area contributed by atoms with Crippen LogP contribution in [0.15, 0.2) is 28.9 Å². The molecule has 0 fully saturated rings. The van der Waals surface area contributed by atoms with Crippen LogP contribution >= 0.6 is 15.9 Å². The van der Waals surface area contributed by atoms with Crippen LogP contribution in [-0.4, -0.2) is 10.9 Å². The van der Waals surface area contributed by atoms with E-state index in [-0.39, 0.29) is 5.69 Å². The van der Waals surface area contributed by atoms with Gasteiger partial charge in [-0.3, -0.25) is 4.79 Å². The van der Waals surface area contributed by atoms with Gasteiger partial charge in [-0.15, -0.1) is 0 Å². The number of hydrogen-bond donors (Lipinski definition) is 1. The van der Waals surface area contributed by atoms with E-state index in [1.54, 1.807) is 6.07 Å². The van der Waals surface area contributed by atoms with Crippen molar-refractivity contribution in [2.75, 3.05) is 0 Å². The number of nitrogens with two attached hydrogens (primary N) is 1. The second-order valence-corrected chi connectivity index (χ2v) is 3.86. The number of nitrogens with zero attached hydrogens (tertiary/aromatic N) is 1. The van der Waals surface area contributed by atoms with E-state index in [1.807, 2.05) is 0 Å². The van der Waals surface area contributed by atoms with Crippen LogP contribution in [0.25, 0.3) is 10.8 Å². The fourth-order valence-corrected chi connectivity index (χ4v) is 1.83. The van der Waals surface area contributed by atoms with Gasteiger partial charge < -0.3 is 5.73 Å². The average Bonchev–Trinajstić information content (AvgIpc) is 2.17. The minimum Gasteiger partial charge on any atom is -0.364 e. The molecule has 1 aromatic carbocycles. The van der Waals surface area contributed by atoms with Gasteiger partial charge in [0.25, 0.3) is 5.91 Å². The zero-order valence-corrected chi connectivity index (χ0v) is 9.08. The molecule has 1 heterocycles. The molecule has 0 spiro atoms. The van der Waals surface area contributed by atoms with Crippen molar-refractivity contribution >= 4 is 32.6 Å². The van der Waals surface area contributed by atoms with E-state index in [0.29, 0.717) is 15.2 Å². The molecule has 0 saturated heterocycles. The van der Waals surface area contributed by atoms with Gasteiger partial charge in [0, 0.05) is 16.1 Å². The first-order valence-electron chi connectivity index (χ1n) is 4.13. The zero-order valence-electron chi connectivity index (χ0n) is 7.50. The van der Waals surface area contributed by atoms with E-state index in [9.17, 15) is 9.18 Å². The molecule has 15 heavy (non-hydrogen) atoms. The molecule has 1 aromatic heterocycles. The molecule has 0 aliphatic carbocycles. The molecule has 76 valence electrons. The molecule has 0 radical (unpaired) electrons. The van der Waals surface area contributed by atoms with Gasteiger partial charge in [-0.25, -0.2) is 9.37 Å². The summed E-state index contributed by atoms with van der Waals surface area (Å²) in [6.45, 7) is 0. The Hall–Kier alpha value is -1.49. The first-order valence-corrected chi connectivity index (χ1v) is 4.92. The Morgan fingerprint density at radius 1 is 1.40 bits per heavy atom. The first-order chi connectivity index (χ1) is 7.09. The van der Waals surface area contributed by atoms with E-state index in [1.165, 1.54) is 18.3 Å². The Labute approximate surface area is 93.2 Å². The molecule has 2 N–H and O–H groups in total. The number of aromatic nitrogens is 1. The van der Waals surface area contributed by atoms with Gasteiger partial charge in [-0.1, -0.05) is 6.07 Å². The van der Waals surface area contributed by atoms with E-state index in [2.05, 4.69) is 20.9 Å². The highest BCUT2D eigenvalue weighted by Gasteiger charge is 2.10. The molecule has 0 aliphatic heterocycles. The van der Waals surface area contributed by atoms with Gasteiger partial charge in [0.2, 0.25) is 0 Å². The zero-order chi connectivity index (χ0) is 11.0. The number of primary amides is 1. The summed E-state index contributed by atoms with van der Waals surface area (Å²) in [5.41, 5.74) is 5.22. The molecular weight excluding hydrogens is 263 g/mol. The van der Waals surface area contributed by atoms with Crippen LogP contribution < -0.4 is 5.73 Å². The second kappa shape index (κ2) is 3.58. The topological polar surface area (TPSA) is 56.0 Å². The van der Waals surface area contributed by atoms with Crippen molar-refractivity contribution in [3.05, 3.63) is 40.4 Å². The van der Waals surface area contributed by atoms with E-state index >= 15 is 0 Å². The van der Waals surface area contributed by atoms with Gasteiger partial charge in [0.1, 0.15) is 11.5 Å². The molecule has 1 amide bonds. The minimum atomic E-state index is -0.668. The summed E-state index contributed by atoms with van der Waals surface area (Å²) < 4.78 is 13.7. The van der Waals surface area contributed by atoms with Crippen LogP contribution in [0.3, 0.4) is 0 Å². The summed E-state index contributed by atoms with van der Waals surface area (Å²) in [5, 5.41) is 1.12. The summed E-state index contributed by atoms with van der Waals surface area (Å²) in [4.78, 5) is 14.9. The number of rotatable bonds is 1. The number of carbonyl (C=O) groups excluding carboxylic acids is 1. The van der Waals surface area contributed by atoms with Crippen LogP contribution in [0.1, 0.15) is 10.5 Å². The van der Waals surface area contributed by atoms with E-state index in [0.717, 1.165) is 0 Å². The summed E-state index contributed by atoms with van der Waals surface area (Å²) >= 11 is 3.27. The molecule has 2 rings (SSSR count). The Morgan fingerprint density at radius 3 is 2.80 bits per heavy atom. The number of hydrogen-bond acceptors (Lipinski definition) is 2. The maximum Gasteiger partial charge on any atom is 0.267 e.